The zero-order chi connectivity index (χ0) is 20.3. The van der Waals surface area contributed by atoms with Gasteiger partial charge in [-0.2, -0.15) is 9.64 Å². The second-order valence-electron chi connectivity index (χ2n) is 6.16. The first-order chi connectivity index (χ1) is 13.4. The van der Waals surface area contributed by atoms with Gasteiger partial charge in [0, 0.05) is 31.2 Å². The zero-order valence-electron chi connectivity index (χ0n) is 15.4. The molecule has 0 radical (unpaired) electrons. The summed E-state index contributed by atoms with van der Waals surface area (Å²) in [6, 6.07) is 12.9. The summed E-state index contributed by atoms with van der Waals surface area (Å²) < 4.78 is 10.3. The highest BCUT2D eigenvalue weighted by Gasteiger charge is 2.20. The third kappa shape index (κ3) is 4.28. The van der Waals surface area contributed by atoms with E-state index < -0.39 is 0 Å². The van der Waals surface area contributed by atoms with E-state index in [0.717, 1.165) is 22.8 Å². The third-order valence-corrected chi connectivity index (χ3v) is 5.13. The first-order valence-corrected chi connectivity index (χ1v) is 9.77. The van der Waals surface area contributed by atoms with Crippen LogP contribution in [-0.2, 0) is 0 Å². The fourth-order valence-electron chi connectivity index (χ4n) is 2.42. The largest absolute Gasteiger partial charge is 0.442 e. The van der Waals surface area contributed by atoms with E-state index in [1.54, 1.807) is 24.5 Å². The second kappa shape index (κ2) is 8.61. The van der Waals surface area contributed by atoms with Crippen LogP contribution >= 0.6 is 34.7 Å². The first-order valence-electron chi connectivity index (χ1n) is 8.24. The van der Waals surface area contributed by atoms with Crippen molar-refractivity contribution in [1.82, 2.24) is 9.27 Å². The number of aliphatic imine (C=N–C) groups is 1. The van der Waals surface area contributed by atoms with E-state index in [4.69, 9.17) is 27.9 Å². The molecule has 0 fully saturated rings. The van der Waals surface area contributed by atoms with Gasteiger partial charge in [-0.3, -0.25) is 0 Å². The minimum absolute atomic E-state index is 0.321. The normalized spacial score (nSPS) is 10.9. The predicted octanol–water partition coefficient (Wildman–Crippen LogP) is 6.31. The highest BCUT2D eigenvalue weighted by atomic mass is 35.5. The Kier molecular flexibility index (Phi) is 6.20. The van der Waals surface area contributed by atoms with Crippen LogP contribution in [-0.4, -0.2) is 29.7 Å². The van der Waals surface area contributed by atoms with Crippen LogP contribution in [0.1, 0.15) is 11.1 Å². The minimum atomic E-state index is 0.321. The maximum atomic E-state index is 9.65. The smallest absolute Gasteiger partial charge is 0.218 e. The first kappa shape index (κ1) is 20.2. The average Bonchev–Trinajstić information content (AvgIpc) is 3.06. The Labute approximate surface area is 177 Å². The van der Waals surface area contributed by atoms with Crippen molar-refractivity contribution in [1.29, 1.82) is 5.26 Å². The van der Waals surface area contributed by atoms with Crippen molar-refractivity contribution in [3.05, 3.63) is 57.6 Å². The molecule has 8 heteroatoms. The lowest BCUT2D eigenvalue weighted by Gasteiger charge is -2.10. The van der Waals surface area contributed by atoms with E-state index in [9.17, 15) is 5.26 Å². The van der Waals surface area contributed by atoms with E-state index in [0.29, 0.717) is 37.7 Å². The number of rotatable bonds is 5. The number of ether oxygens (including phenoxy) is 1. The molecule has 2 aromatic carbocycles. The fraction of sp³-hybridized carbons (Fsp3) is 0.150. The molecule has 3 rings (SSSR count). The molecule has 28 heavy (non-hydrogen) atoms. The molecule has 0 aliphatic carbocycles. The molecule has 142 valence electrons. The van der Waals surface area contributed by atoms with Crippen LogP contribution in [0.2, 0.25) is 10.0 Å². The Balaban J connectivity index is 1.96. The maximum Gasteiger partial charge on any atom is 0.218 e. The third-order valence-electron chi connectivity index (χ3n) is 3.78. The molecule has 1 aromatic heterocycles. The average molecular weight is 431 g/mol. The Morgan fingerprint density at radius 3 is 2.64 bits per heavy atom. The van der Waals surface area contributed by atoms with Gasteiger partial charge in [0.2, 0.25) is 5.06 Å². The van der Waals surface area contributed by atoms with Crippen molar-refractivity contribution in [2.45, 2.75) is 6.92 Å². The molecular formula is C20H16Cl2N4OS. The second-order valence-corrected chi connectivity index (χ2v) is 7.71. The molecular weight excluding hydrogens is 415 g/mol. The van der Waals surface area contributed by atoms with Gasteiger partial charge < -0.3 is 9.64 Å². The molecule has 0 aliphatic heterocycles. The molecule has 0 spiro atoms. The van der Waals surface area contributed by atoms with E-state index in [2.05, 4.69) is 15.4 Å². The summed E-state index contributed by atoms with van der Waals surface area (Å²) in [7, 11) is 3.78. The number of nitrogens with zero attached hydrogens (tertiary/aromatic N) is 4. The molecule has 0 saturated carbocycles. The Bertz CT molecular complexity index is 1090. The SMILES string of the molecule is Cc1cc(Oc2snc(-c3ccccc3Cl)c2C#N)c(Cl)cc1N=CN(C)C. The zero-order valence-corrected chi connectivity index (χ0v) is 17.7. The summed E-state index contributed by atoms with van der Waals surface area (Å²) in [5.41, 5.74) is 3.14. The van der Waals surface area contributed by atoms with Crippen molar-refractivity contribution < 1.29 is 4.74 Å². The van der Waals surface area contributed by atoms with E-state index in [1.807, 2.05) is 44.1 Å². The van der Waals surface area contributed by atoms with Crippen molar-refractivity contribution in [2.24, 2.45) is 4.99 Å². The van der Waals surface area contributed by atoms with E-state index in [1.165, 1.54) is 0 Å². The van der Waals surface area contributed by atoms with Crippen molar-refractivity contribution in [3.8, 4) is 28.1 Å². The minimum Gasteiger partial charge on any atom is -0.442 e. The number of hydrogen-bond donors (Lipinski definition) is 0. The monoisotopic (exact) mass is 430 g/mol. The summed E-state index contributed by atoms with van der Waals surface area (Å²) in [5.74, 6) is 0.439. The molecule has 0 saturated heterocycles. The molecule has 1 heterocycles. The molecule has 3 aromatic rings. The molecule has 0 unspecified atom stereocenters. The van der Waals surface area contributed by atoms with Crippen molar-refractivity contribution >= 4 is 46.8 Å². The van der Waals surface area contributed by atoms with E-state index >= 15 is 0 Å². The van der Waals surface area contributed by atoms with Crippen LogP contribution in [0.15, 0.2) is 41.4 Å². The number of benzene rings is 2. The highest BCUT2D eigenvalue weighted by molar-refractivity contribution is 7.08. The van der Waals surface area contributed by atoms with Gasteiger partial charge in [-0.05, 0) is 30.7 Å². The van der Waals surface area contributed by atoms with Crippen LogP contribution in [0.25, 0.3) is 11.3 Å². The summed E-state index contributed by atoms with van der Waals surface area (Å²) in [4.78, 5) is 6.22. The molecule has 0 N–H and O–H groups in total. The molecule has 5 nitrogen and oxygen atoms in total. The summed E-state index contributed by atoms with van der Waals surface area (Å²) in [6.45, 7) is 1.92. The number of nitriles is 1. The lowest BCUT2D eigenvalue weighted by molar-refractivity contribution is 0.495. The van der Waals surface area contributed by atoms with Gasteiger partial charge in [-0.1, -0.05) is 41.4 Å². The van der Waals surface area contributed by atoms with Gasteiger partial charge in [0.15, 0.2) is 0 Å². The fourth-order valence-corrected chi connectivity index (χ4v) is 3.57. The summed E-state index contributed by atoms with van der Waals surface area (Å²) >= 11 is 13.7. The van der Waals surface area contributed by atoms with Crippen LogP contribution in [0, 0.1) is 18.3 Å². The molecule has 0 aliphatic rings. The van der Waals surface area contributed by atoms with Gasteiger partial charge in [-0.15, -0.1) is 0 Å². The van der Waals surface area contributed by atoms with E-state index in [-0.39, 0.29) is 0 Å². The van der Waals surface area contributed by atoms with Gasteiger partial charge in [0.05, 0.1) is 22.1 Å². The number of aromatic nitrogens is 1. The van der Waals surface area contributed by atoms with Crippen LogP contribution < -0.4 is 4.74 Å². The van der Waals surface area contributed by atoms with Gasteiger partial charge >= 0.3 is 0 Å². The van der Waals surface area contributed by atoms with Gasteiger partial charge in [0.25, 0.3) is 0 Å². The molecule has 0 amide bonds. The quantitative estimate of drug-likeness (QED) is 0.351. The van der Waals surface area contributed by atoms with Crippen molar-refractivity contribution in [3.63, 3.8) is 0 Å². The number of hydrogen-bond acceptors (Lipinski definition) is 5. The summed E-state index contributed by atoms with van der Waals surface area (Å²) in [5, 5.41) is 10.9. The number of aryl methyl sites for hydroxylation is 1. The van der Waals surface area contributed by atoms with Crippen molar-refractivity contribution in [2.75, 3.05) is 14.1 Å². The van der Waals surface area contributed by atoms with Gasteiger partial charge in [-0.25, -0.2) is 4.99 Å². The Hall–Kier alpha value is -2.59. The maximum absolute atomic E-state index is 9.65. The predicted molar refractivity (Wildman–Crippen MR) is 115 cm³/mol. The molecule has 0 bridgehead atoms. The topological polar surface area (TPSA) is 61.5 Å². The lowest BCUT2D eigenvalue weighted by Crippen LogP contribution is -2.07. The van der Waals surface area contributed by atoms with Crippen LogP contribution in [0.5, 0.6) is 10.8 Å². The van der Waals surface area contributed by atoms with Crippen LogP contribution in [0.4, 0.5) is 5.69 Å². The Morgan fingerprint density at radius 1 is 1.21 bits per heavy atom. The highest BCUT2D eigenvalue weighted by Crippen LogP contribution is 2.41. The van der Waals surface area contributed by atoms with Gasteiger partial charge in [0.1, 0.15) is 23.1 Å². The number of halogens is 2. The summed E-state index contributed by atoms with van der Waals surface area (Å²) in [6.07, 6.45) is 1.70. The lowest BCUT2D eigenvalue weighted by atomic mass is 10.1. The molecule has 0 atom stereocenters. The standard InChI is InChI=1S/C20H16Cl2N4OS/c1-12-8-18(16(22)9-17(12)24-11-26(2)3)27-20-14(10-23)19(25-28-20)13-6-4-5-7-15(13)21/h4-9,11H,1-3H3. The van der Waals surface area contributed by atoms with Crippen LogP contribution in [0.3, 0.4) is 0 Å². The Morgan fingerprint density at radius 2 is 1.96 bits per heavy atom.